The molecule has 0 bridgehead atoms. The molecule has 4 rings (SSSR count). The summed E-state index contributed by atoms with van der Waals surface area (Å²) in [4.78, 5) is 22.5. The van der Waals surface area contributed by atoms with Crippen LogP contribution >= 0.6 is 11.6 Å². The fourth-order valence-corrected chi connectivity index (χ4v) is 5.26. The number of carboxylic acid groups (broad SMARTS) is 2. The first-order valence-corrected chi connectivity index (χ1v) is 14.2. The van der Waals surface area contributed by atoms with Crippen molar-refractivity contribution in [2.24, 2.45) is 0 Å². The SMILES string of the molecule is Cc1cc(Cl)cc(C)c1OC/C=C/COc1ccc(/C=C/c2cc(F)cc3c(CCCC(=O)O)cn(CC(=O)O)c23)cc1. The highest BCUT2D eigenvalue weighted by Gasteiger charge is 2.15. The highest BCUT2D eigenvalue weighted by molar-refractivity contribution is 6.30. The number of hydrogen-bond acceptors (Lipinski definition) is 4. The van der Waals surface area contributed by atoms with Crippen LogP contribution in [-0.4, -0.2) is 39.9 Å². The summed E-state index contributed by atoms with van der Waals surface area (Å²) >= 11 is 6.07. The van der Waals surface area contributed by atoms with Gasteiger partial charge in [-0.2, -0.15) is 0 Å². The number of benzene rings is 3. The number of fused-ring (bicyclic) bond motifs is 1. The second-order valence-corrected chi connectivity index (χ2v) is 10.6. The minimum absolute atomic E-state index is 0.0259. The molecule has 3 aromatic carbocycles. The molecule has 9 heteroatoms. The average Bonchev–Trinajstić information content (AvgIpc) is 3.26. The third-order valence-electron chi connectivity index (χ3n) is 6.79. The second-order valence-electron chi connectivity index (χ2n) is 10.2. The zero-order valence-corrected chi connectivity index (χ0v) is 24.7. The Labute approximate surface area is 254 Å². The van der Waals surface area contributed by atoms with E-state index in [0.717, 1.165) is 22.4 Å². The lowest BCUT2D eigenvalue weighted by atomic mass is 10.0. The zero-order valence-electron chi connectivity index (χ0n) is 24.0. The second kappa shape index (κ2) is 14.6. The Morgan fingerprint density at radius 1 is 0.930 bits per heavy atom. The van der Waals surface area contributed by atoms with Crippen molar-refractivity contribution in [3.63, 3.8) is 0 Å². The number of aliphatic carboxylic acids is 2. The fraction of sp³-hybridized carbons (Fsp3) is 0.235. The molecule has 0 radical (unpaired) electrons. The van der Waals surface area contributed by atoms with E-state index in [0.29, 0.717) is 58.9 Å². The van der Waals surface area contributed by atoms with Gasteiger partial charge in [-0.1, -0.05) is 35.9 Å². The van der Waals surface area contributed by atoms with Crippen molar-refractivity contribution in [3.05, 3.63) is 106 Å². The van der Waals surface area contributed by atoms with E-state index in [1.807, 2.05) is 68.5 Å². The van der Waals surface area contributed by atoms with Crippen LogP contribution in [0.3, 0.4) is 0 Å². The Balaban J connectivity index is 1.40. The van der Waals surface area contributed by atoms with Crippen LogP contribution in [0.5, 0.6) is 11.5 Å². The lowest BCUT2D eigenvalue weighted by molar-refractivity contribution is -0.138. The minimum atomic E-state index is -1.03. The molecule has 0 spiro atoms. The van der Waals surface area contributed by atoms with Gasteiger partial charge in [0.25, 0.3) is 0 Å². The van der Waals surface area contributed by atoms with Crippen molar-refractivity contribution in [1.82, 2.24) is 4.57 Å². The average molecular weight is 606 g/mol. The summed E-state index contributed by atoms with van der Waals surface area (Å²) in [5.74, 6) is -0.898. The first-order chi connectivity index (χ1) is 20.6. The molecule has 224 valence electrons. The predicted molar refractivity (Wildman–Crippen MR) is 167 cm³/mol. The van der Waals surface area contributed by atoms with Crippen molar-refractivity contribution in [2.45, 2.75) is 39.7 Å². The first-order valence-electron chi connectivity index (χ1n) is 13.8. The maximum Gasteiger partial charge on any atom is 0.323 e. The zero-order chi connectivity index (χ0) is 30.9. The lowest BCUT2D eigenvalue weighted by Gasteiger charge is -2.11. The number of carbonyl (C=O) groups is 2. The number of rotatable bonds is 14. The lowest BCUT2D eigenvalue weighted by Crippen LogP contribution is -2.08. The van der Waals surface area contributed by atoms with Crippen molar-refractivity contribution in [1.29, 1.82) is 0 Å². The molecular weight excluding hydrogens is 573 g/mol. The summed E-state index contributed by atoms with van der Waals surface area (Å²) in [5, 5.41) is 19.7. The number of hydrogen-bond donors (Lipinski definition) is 2. The van der Waals surface area contributed by atoms with Crippen LogP contribution in [0.2, 0.25) is 5.02 Å². The molecule has 0 atom stereocenters. The van der Waals surface area contributed by atoms with Gasteiger partial charge in [0.05, 0.1) is 5.52 Å². The minimum Gasteiger partial charge on any atom is -0.490 e. The molecule has 0 aliphatic heterocycles. The van der Waals surface area contributed by atoms with Crippen molar-refractivity contribution < 1.29 is 33.7 Å². The van der Waals surface area contributed by atoms with E-state index in [1.165, 1.54) is 12.1 Å². The molecule has 43 heavy (non-hydrogen) atoms. The normalized spacial score (nSPS) is 11.5. The van der Waals surface area contributed by atoms with Crippen molar-refractivity contribution >= 4 is 46.6 Å². The molecule has 0 amide bonds. The van der Waals surface area contributed by atoms with Crippen LogP contribution in [0.4, 0.5) is 4.39 Å². The van der Waals surface area contributed by atoms with Crippen LogP contribution in [0.15, 0.2) is 66.9 Å². The van der Waals surface area contributed by atoms with Gasteiger partial charge in [-0.05, 0) is 97.5 Å². The third kappa shape index (κ3) is 8.72. The first kappa shape index (κ1) is 31.4. The molecule has 1 aromatic heterocycles. The molecule has 1 heterocycles. The van der Waals surface area contributed by atoms with Crippen LogP contribution in [-0.2, 0) is 22.6 Å². The van der Waals surface area contributed by atoms with Gasteiger partial charge in [-0.3, -0.25) is 9.59 Å². The Kier molecular flexibility index (Phi) is 10.6. The summed E-state index contributed by atoms with van der Waals surface area (Å²) in [7, 11) is 0. The van der Waals surface area contributed by atoms with Crippen molar-refractivity contribution in [3.8, 4) is 11.5 Å². The highest BCUT2D eigenvalue weighted by atomic mass is 35.5. The van der Waals surface area contributed by atoms with Gasteiger partial charge < -0.3 is 24.3 Å². The van der Waals surface area contributed by atoms with Gasteiger partial charge in [-0.15, -0.1) is 0 Å². The summed E-state index contributed by atoms with van der Waals surface area (Å²) in [6, 6.07) is 13.9. The Morgan fingerprint density at radius 3 is 2.26 bits per heavy atom. The van der Waals surface area contributed by atoms with Crippen LogP contribution in [0.1, 0.15) is 40.7 Å². The van der Waals surface area contributed by atoms with E-state index in [9.17, 15) is 19.1 Å². The topological polar surface area (TPSA) is 98.0 Å². The maximum absolute atomic E-state index is 14.6. The van der Waals surface area contributed by atoms with Gasteiger partial charge in [0.15, 0.2) is 0 Å². The van der Waals surface area contributed by atoms with Gasteiger partial charge in [0.2, 0.25) is 0 Å². The standard InChI is InChI=1S/C34H33ClFNO6/c1-22-16-27(35)17-23(2)34(22)43-15-4-3-14-42-29-12-9-24(10-13-29)8-11-25-18-28(36)19-30-26(6-5-7-31(38)39)20-37(33(25)30)21-32(40)41/h3-4,8-13,16-20H,5-7,14-15,21H2,1-2H3,(H,38,39)(H,40,41)/b4-3+,11-8+. The van der Waals surface area contributed by atoms with Crippen LogP contribution in [0, 0.1) is 19.7 Å². The number of aromatic nitrogens is 1. The number of carboxylic acids is 2. The Morgan fingerprint density at radius 2 is 1.60 bits per heavy atom. The van der Waals surface area contributed by atoms with E-state index >= 15 is 0 Å². The van der Waals surface area contributed by atoms with Crippen molar-refractivity contribution in [2.75, 3.05) is 13.2 Å². The summed E-state index contributed by atoms with van der Waals surface area (Å²) in [6.07, 6.45) is 9.74. The van der Waals surface area contributed by atoms with E-state index in [4.69, 9.17) is 26.2 Å². The molecule has 0 saturated carbocycles. The van der Waals surface area contributed by atoms with Gasteiger partial charge in [0.1, 0.15) is 37.1 Å². The van der Waals surface area contributed by atoms with Gasteiger partial charge >= 0.3 is 11.9 Å². The van der Waals surface area contributed by atoms with E-state index in [-0.39, 0.29) is 13.0 Å². The molecule has 2 N–H and O–H groups in total. The van der Waals surface area contributed by atoms with Crippen LogP contribution in [0.25, 0.3) is 23.1 Å². The number of nitrogens with zero attached hydrogens (tertiary/aromatic N) is 1. The Bertz CT molecular complexity index is 1650. The fourth-order valence-electron chi connectivity index (χ4n) is 4.93. The summed E-state index contributed by atoms with van der Waals surface area (Å²) in [6.45, 7) is 4.39. The summed E-state index contributed by atoms with van der Waals surface area (Å²) in [5.41, 5.74) is 4.64. The molecule has 0 saturated heterocycles. The molecule has 0 aliphatic rings. The molecular formula is C34H33ClFNO6. The predicted octanol–water partition coefficient (Wildman–Crippen LogP) is 7.73. The maximum atomic E-state index is 14.6. The quantitative estimate of drug-likeness (QED) is 0.113. The van der Waals surface area contributed by atoms with Gasteiger partial charge in [-0.25, -0.2) is 4.39 Å². The molecule has 0 aliphatic carbocycles. The highest BCUT2D eigenvalue weighted by Crippen LogP contribution is 2.30. The molecule has 4 aromatic rings. The Hall–Kier alpha value is -4.56. The molecule has 7 nitrogen and oxygen atoms in total. The van der Waals surface area contributed by atoms with E-state index in [2.05, 4.69) is 0 Å². The molecule has 0 fully saturated rings. The number of aryl methyl sites for hydroxylation is 3. The monoisotopic (exact) mass is 605 g/mol. The third-order valence-corrected chi connectivity index (χ3v) is 7.01. The summed E-state index contributed by atoms with van der Waals surface area (Å²) < 4.78 is 27.8. The van der Waals surface area contributed by atoms with E-state index < -0.39 is 17.8 Å². The van der Waals surface area contributed by atoms with E-state index in [1.54, 1.807) is 16.8 Å². The van der Waals surface area contributed by atoms with Crippen LogP contribution < -0.4 is 9.47 Å². The molecule has 0 unspecified atom stereocenters. The smallest absolute Gasteiger partial charge is 0.323 e. The number of ether oxygens (including phenoxy) is 2. The number of halogens is 2. The largest absolute Gasteiger partial charge is 0.490 e. The van der Waals surface area contributed by atoms with Gasteiger partial charge in [0, 0.05) is 28.6 Å².